The molecule has 0 bridgehead atoms. The standard InChI is InChI=1S/C24H17N3O2S/c28-22(18-10-13-20(14-11-18)29-19-7-2-1-3-8-19)16-30-24-26-25-23-15-12-17-6-4-5-9-21(17)27(23)24/h1-15H,16H2. The number of Topliss-reactive ketones (excluding diaryl/α,β-unsaturated/α-hetero) is 1. The van der Waals surface area contributed by atoms with Gasteiger partial charge in [-0.1, -0.05) is 48.2 Å². The number of benzene rings is 3. The fourth-order valence-electron chi connectivity index (χ4n) is 3.25. The summed E-state index contributed by atoms with van der Waals surface area (Å²) in [6.45, 7) is 0. The number of ketones is 1. The third kappa shape index (κ3) is 3.65. The van der Waals surface area contributed by atoms with Gasteiger partial charge in [0.2, 0.25) is 0 Å². The molecule has 146 valence electrons. The van der Waals surface area contributed by atoms with Crippen LogP contribution in [0.15, 0.2) is 96.2 Å². The van der Waals surface area contributed by atoms with Crippen LogP contribution in [-0.2, 0) is 0 Å². The molecule has 2 aromatic heterocycles. The lowest BCUT2D eigenvalue weighted by Gasteiger charge is -2.07. The zero-order chi connectivity index (χ0) is 20.3. The van der Waals surface area contributed by atoms with Crippen LogP contribution in [0, 0.1) is 0 Å². The molecule has 5 rings (SSSR count). The molecule has 0 saturated carbocycles. The van der Waals surface area contributed by atoms with Crippen molar-refractivity contribution in [3.63, 3.8) is 0 Å². The molecular weight excluding hydrogens is 394 g/mol. The van der Waals surface area contributed by atoms with E-state index < -0.39 is 0 Å². The minimum absolute atomic E-state index is 0.0308. The smallest absolute Gasteiger partial charge is 0.196 e. The fourth-order valence-corrected chi connectivity index (χ4v) is 4.10. The molecule has 3 aromatic carbocycles. The molecule has 0 spiro atoms. The summed E-state index contributed by atoms with van der Waals surface area (Å²) < 4.78 is 7.77. The van der Waals surface area contributed by atoms with E-state index in [2.05, 4.69) is 10.2 Å². The quantitative estimate of drug-likeness (QED) is 0.267. The number of carbonyl (C=O) groups is 1. The number of para-hydroxylation sites is 2. The summed E-state index contributed by atoms with van der Waals surface area (Å²) in [6, 6.07) is 28.8. The molecule has 2 heterocycles. The third-order valence-corrected chi connectivity index (χ3v) is 5.66. The molecule has 0 amide bonds. The van der Waals surface area contributed by atoms with Gasteiger partial charge in [0, 0.05) is 5.56 Å². The molecule has 6 heteroatoms. The lowest BCUT2D eigenvalue weighted by molar-refractivity contribution is 0.102. The number of fused-ring (bicyclic) bond motifs is 3. The average molecular weight is 411 g/mol. The predicted octanol–water partition coefficient (Wildman–Crippen LogP) is 5.65. The molecule has 0 aliphatic rings. The molecule has 30 heavy (non-hydrogen) atoms. The Hall–Kier alpha value is -3.64. The Morgan fingerprint density at radius 1 is 0.800 bits per heavy atom. The van der Waals surface area contributed by atoms with E-state index >= 15 is 0 Å². The Kier molecular flexibility index (Phi) is 4.91. The molecule has 0 unspecified atom stereocenters. The van der Waals surface area contributed by atoms with Crippen molar-refractivity contribution < 1.29 is 9.53 Å². The second-order valence-electron chi connectivity index (χ2n) is 6.72. The molecular formula is C24H17N3O2S. The molecule has 0 fully saturated rings. The highest BCUT2D eigenvalue weighted by Gasteiger charge is 2.13. The molecule has 0 saturated heterocycles. The molecule has 0 aliphatic heterocycles. The van der Waals surface area contributed by atoms with E-state index in [1.54, 1.807) is 12.1 Å². The predicted molar refractivity (Wildman–Crippen MR) is 119 cm³/mol. The number of aromatic nitrogens is 3. The van der Waals surface area contributed by atoms with Crippen molar-refractivity contribution in [2.24, 2.45) is 0 Å². The number of hydrogen-bond acceptors (Lipinski definition) is 5. The lowest BCUT2D eigenvalue weighted by atomic mass is 10.1. The molecule has 5 aromatic rings. The summed E-state index contributed by atoms with van der Waals surface area (Å²) in [7, 11) is 0. The van der Waals surface area contributed by atoms with Crippen molar-refractivity contribution in [1.82, 2.24) is 14.6 Å². The minimum Gasteiger partial charge on any atom is -0.457 e. The van der Waals surface area contributed by atoms with Crippen molar-refractivity contribution in [2.75, 3.05) is 5.75 Å². The summed E-state index contributed by atoms with van der Waals surface area (Å²) in [4.78, 5) is 12.7. The Labute approximate surface area is 177 Å². The molecule has 0 atom stereocenters. The van der Waals surface area contributed by atoms with Gasteiger partial charge in [0.1, 0.15) is 11.5 Å². The summed E-state index contributed by atoms with van der Waals surface area (Å²) in [5, 5.41) is 10.3. The van der Waals surface area contributed by atoms with Crippen molar-refractivity contribution in [3.05, 3.63) is 96.6 Å². The van der Waals surface area contributed by atoms with E-state index in [-0.39, 0.29) is 11.5 Å². The van der Waals surface area contributed by atoms with E-state index in [1.165, 1.54) is 11.8 Å². The first-order chi connectivity index (χ1) is 14.8. The largest absolute Gasteiger partial charge is 0.457 e. The Bertz CT molecular complexity index is 1330. The number of hydrogen-bond donors (Lipinski definition) is 0. The van der Waals surface area contributed by atoms with Crippen LogP contribution in [0.1, 0.15) is 10.4 Å². The monoisotopic (exact) mass is 411 g/mol. The van der Waals surface area contributed by atoms with Gasteiger partial charge in [0.15, 0.2) is 16.6 Å². The maximum atomic E-state index is 12.7. The number of carbonyl (C=O) groups excluding carboxylic acids is 1. The van der Waals surface area contributed by atoms with Gasteiger partial charge in [-0.3, -0.25) is 9.20 Å². The van der Waals surface area contributed by atoms with Crippen LogP contribution in [0.4, 0.5) is 0 Å². The van der Waals surface area contributed by atoms with Gasteiger partial charge in [-0.05, 0) is 60.0 Å². The highest BCUT2D eigenvalue weighted by atomic mass is 32.2. The number of pyridine rings is 1. The van der Waals surface area contributed by atoms with Crippen molar-refractivity contribution >= 4 is 34.1 Å². The number of ether oxygens (including phenoxy) is 1. The van der Waals surface area contributed by atoms with Crippen LogP contribution in [0.2, 0.25) is 0 Å². The van der Waals surface area contributed by atoms with E-state index in [4.69, 9.17) is 4.74 Å². The summed E-state index contributed by atoms with van der Waals surface area (Å²) in [5.74, 6) is 1.77. The van der Waals surface area contributed by atoms with Crippen LogP contribution in [0.5, 0.6) is 11.5 Å². The lowest BCUT2D eigenvalue weighted by Crippen LogP contribution is -2.03. The number of nitrogens with zero attached hydrogens (tertiary/aromatic N) is 3. The summed E-state index contributed by atoms with van der Waals surface area (Å²) >= 11 is 1.39. The van der Waals surface area contributed by atoms with Gasteiger partial charge in [0.05, 0.1) is 11.3 Å². The van der Waals surface area contributed by atoms with E-state index in [0.29, 0.717) is 16.5 Å². The minimum atomic E-state index is 0.0308. The highest BCUT2D eigenvalue weighted by molar-refractivity contribution is 7.99. The van der Waals surface area contributed by atoms with Crippen molar-refractivity contribution in [3.8, 4) is 11.5 Å². The zero-order valence-electron chi connectivity index (χ0n) is 15.9. The van der Waals surface area contributed by atoms with Crippen LogP contribution in [0.25, 0.3) is 16.6 Å². The molecule has 0 aliphatic carbocycles. The van der Waals surface area contributed by atoms with Crippen molar-refractivity contribution in [1.29, 1.82) is 0 Å². The second-order valence-corrected chi connectivity index (χ2v) is 7.66. The number of thioether (sulfide) groups is 1. The van der Waals surface area contributed by atoms with Gasteiger partial charge < -0.3 is 4.74 Å². The van der Waals surface area contributed by atoms with Crippen molar-refractivity contribution in [2.45, 2.75) is 5.16 Å². The van der Waals surface area contributed by atoms with Crippen LogP contribution >= 0.6 is 11.8 Å². The van der Waals surface area contributed by atoms with E-state index in [9.17, 15) is 4.79 Å². The molecule has 0 radical (unpaired) electrons. The van der Waals surface area contributed by atoms with Crippen LogP contribution < -0.4 is 4.74 Å². The molecule has 0 N–H and O–H groups in total. The summed E-state index contributed by atoms with van der Waals surface area (Å²) in [6.07, 6.45) is 0. The Morgan fingerprint density at radius 3 is 2.37 bits per heavy atom. The van der Waals surface area contributed by atoms with Crippen LogP contribution in [-0.4, -0.2) is 26.1 Å². The average Bonchev–Trinajstić information content (AvgIpc) is 3.22. The Balaban J connectivity index is 1.31. The maximum Gasteiger partial charge on any atom is 0.196 e. The van der Waals surface area contributed by atoms with Gasteiger partial charge >= 0.3 is 0 Å². The summed E-state index contributed by atoms with van der Waals surface area (Å²) in [5.41, 5.74) is 2.44. The number of rotatable bonds is 6. The fraction of sp³-hybridized carbons (Fsp3) is 0.0417. The van der Waals surface area contributed by atoms with Gasteiger partial charge in [-0.2, -0.15) is 0 Å². The molecule has 5 nitrogen and oxygen atoms in total. The maximum absolute atomic E-state index is 12.7. The topological polar surface area (TPSA) is 56.5 Å². The second kappa shape index (κ2) is 8.00. The first kappa shape index (κ1) is 18.4. The SMILES string of the molecule is O=C(CSc1nnc2ccc3ccccc3n12)c1ccc(Oc2ccccc2)cc1. The zero-order valence-corrected chi connectivity index (χ0v) is 16.8. The van der Waals surface area contributed by atoms with E-state index in [0.717, 1.165) is 22.3 Å². The van der Waals surface area contributed by atoms with Crippen LogP contribution in [0.3, 0.4) is 0 Å². The van der Waals surface area contributed by atoms with E-state index in [1.807, 2.05) is 83.3 Å². The first-order valence-electron chi connectivity index (χ1n) is 9.50. The normalized spacial score (nSPS) is 11.1. The first-order valence-corrected chi connectivity index (χ1v) is 10.5. The van der Waals surface area contributed by atoms with Gasteiger partial charge in [0.25, 0.3) is 0 Å². The highest BCUT2D eigenvalue weighted by Crippen LogP contribution is 2.25. The van der Waals surface area contributed by atoms with Gasteiger partial charge in [-0.25, -0.2) is 0 Å². The van der Waals surface area contributed by atoms with Gasteiger partial charge in [-0.15, -0.1) is 10.2 Å². The third-order valence-electron chi connectivity index (χ3n) is 4.74. The Morgan fingerprint density at radius 2 is 1.53 bits per heavy atom.